The van der Waals surface area contributed by atoms with E-state index in [2.05, 4.69) is 5.32 Å². The monoisotopic (exact) mass is 518 g/mol. The van der Waals surface area contributed by atoms with Crippen LogP contribution in [0.2, 0.25) is 5.02 Å². The number of amides is 1. The number of aryl methyl sites for hydroxylation is 1. The van der Waals surface area contributed by atoms with Crippen molar-refractivity contribution in [1.82, 2.24) is 5.32 Å². The number of nitro groups is 1. The summed E-state index contributed by atoms with van der Waals surface area (Å²) in [5.74, 6) is 0.565. The molecular weight excluding hydrogens is 490 g/mol. The normalized spacial score (nSPS) is 17.2. The van der Waals surface area contributed by atoms with Crippen molar-refractivity contribution in [3.63, 3.8) is 0 Å². The molecular formula is C25H29ClN3O7+. The van der Waals surface area contributed by atoms with Crippen LogP contribution in [0.1, 0.15) is 37.7 Å². The first-order valence-electron chi connectivity index (χ1n) is 11.6. The molecule has 1 saturated carbocycles. The number of carbonyl (C=O) groups excluding carboxylic acids is 2. The Morgan fingerprint density at radius 1 is 1.00 bits per heavy atom. The van der Waals surface area contributed by atoms with E-state index in [-0.39, 0.29) is 53.3 Å². The first-order valence-corrected chi connectivity index (χ1v) is 12.0. The van der Waals surface area contributed by atoms with Gasteiger partial charge >= 0.3 is 0 Å². The highest BCUT2D eigenvalue weighted by Crippen LogP contribution is 2.29. The highest BCUT2D eigenvalue weighted by atomic mass is 35.5. The summed E-state index contributed by atoms with van der Waals surface area (Å²) in [6, 6.07) is 9.13. The number of halogens is 1. The molecule has 36 heavy (non-hydrogen) atoms. The van der Waals surface area contributed by atoms with Crippen LogP contribution < -0.4 is 14.8 Å². The number of benzene rings is 2. The molecule has 3 rings (SSSR count). The highest BCUT2D eigenvalue weighted by Gasteiger charge is 2.25. The maximum absolute atomic E-state index is 12.4. The Kier molecular flexibility index (Phi) is 9.35. The fourth-order valence-electron chi connectivity index (χ4n) is 4.21. The maximum Gasteiger partial charge on any atom is 0.291 e. The van der Waals surface area contributed by atoms with Crippen LogP contribution in [0.4, 0.5) is 11.4 Å². The van der Waals surface area contributed by atoms with E-state index >= 15 is 0 Å². The number of carbonyl (C=O) groups is 2. The Morgan fingerprint density at radius 2 is 1.61 bits per heavy atom. The topological polar surface area (TPSA) is 128 Å². The number of rotatable bonds is 11. The lowest BCUT2D eigenvalue weighted by atomic mass is 9.83. The molecule has 1 aliphatic carbocycles. The third-order valence-corrected chi connectivity index (χ3v) is 6.45. The standard InChI is InChI=1S/C25H28ClN3O7/c1-16-3-8-20(12-23(16)28(2)32)35-14-19(30)11-17-4-6-18(7-5-17)27-25(31)15-36-21-9-10-22(26)24(13-21)29(33)34/h3,8-10,12-13,17-18H,4-7,11,14-15H2,1-2H3/p+1. The van der Waals surface area contributed by atoms with Gasteiger partial charge in [0.15, 0.2) is 19.4 Å². The second-order valence-electron chi connectivity index (χ2n) is 8.92. The van der Waals surface area contributed by atoms with Gasteiger partial charge in [0.2, 0.25) is 0 Å². The Bertz CT molecular complexity index is 1060. The third-order valence-electron chi connectivity index (χ3n) is 6.13. The summed E-state index contributed by atoms with van der Waals surface area (Å²) in [5.41, 5.74) is 1.04. The Hall–Kier alpha value is -3.53. The molecule has 0 radical (unpaired) electrons. The van der Waals surface area contributed by atoms with Gasteiger partial charge in [-0.05, 0) is 62.8 Å². The average molecular weight is 519 g/mol. The van der Waals surface area contributed by atoms with E-state index in [9.17, 15) is 24.6 Å². The number of ether oxygens (including phenoxy) is 2. The molecule has 2 aromatic rings. The largest absolute Gasteiger partial charge is 0.486 e. The van der Waals surface area contributed by atoms with Crippen molar-refractivity contribution in [3.8, 4) is 11.5 Å². The third kappa shape index (κ3) is 7.74. The second-order valence-corrected chi connectivity index (χ2v) is 9.33. The molecule has 10 nitrogen and oxygen atoms in total. The molecule has 11 heteroatoms. The number of nitroso groups, excluding NO2 is 1. The van der Waals surface area contributed by atoms with E-state index in [1.165, 1.54) is 25.2 Å². The minimum absolute atomic E-state index is 0.00465. The second kappa shape index (κ2) is 12.4. The Morgan fingerprint density at radius 3 is 2.25 bits per heavy atom. The molecule has 0 saturated heterocycles. The van der Waals surface area contributed by atoms with Crippen molar-refractivity contribution in [3.05, 3.63) is 62.0 Å². The lowest BCUT2D eigenvalue weighted by Gasteiger charge is -2.28. The fraction of sp³-hybridized carbons (Fsp3) is 0.440. The van der Waals surface area contributed by atoms with Crippen LogP contribution in [0.25, 0.3) is 0 Å². The van der Waals surface area contributed by atoms with Crippen LogP contribution in [0.15, 0.2) is 36.4 Å². The van der Waals surface area contributed by atoms with Crippen LogP contribution in [-0.2, 0) is 9.59 Å². The van der Waals surface area contributed by atoms with E-state index in [4.69, 9.17) is 21.1 Å². The van der Waals surface area contributed by atoms with Crippen LogP contribution in [0.3, 0.4) is 0 Å². The van der Waals surface area contributed by atoms with Crippen molar-refractivity contribution < 1.29 is 28.7 Å². The average Bonchev–Trinajstić information content (AvgIpc) is 2.84. The number of Topliss-reactive ketones (excluding diaryl/α,β-unsaturated/α-hetero) is 1. The van der Waals surface area contributed by atoms with Crippen molar-refractivity contribution in [2.24, 2.45) is 5.92 Å². The van der Waals surface area contributed by atoms with Gasteiger partial charge in [0, 0.05) is 27.7 Å². The van der Waals surface area contributed by atoms with E-state index in [1.807, 2.05) is 6.92 Å². The van der Waals surface area contributed by atoms with Crippen LogP contribution in [0.5, 0.6) is 11.5 Å². The van der Waals surface area contributed by atoms with Gasteiger partial charge in [-0.1, -0.05) is 11.6 Å². The summed E-state index contributed by atoms with van der Waals surface area (Å²) in [4.78, 5) is 46.6. The molecule has 1 N–H and O–H groups in total. The van der Waals surface area contributed by atoms with Gasteiger partial charge in [0.05, 0.1) is 17.1 Å². The lowest BCUT2D eigenvalue weighted by Crippen LogP contribution is -2.40. The van der Waals surface area contributed by atoms with Gasteiger partial charge in [0.25, 0.3) is 17.3 Å². The lowest BCUT2D eigenvalue weighted by molar-refractivity contribution is -0.428. The number of ketones is 1. The molecule has 0 spiro atoms. The summed E-state index contributed by atoms with van der Waals surface area (Å²) in [7, 11) is 1.41. The van der Waals surface area contributed by atoms with Gasteiger partial charge < -0.3 is 14.8 Å². The molecule has 1 fully saturated rings. The van der Waals surface area contributed by atoms with Crippen LogP contribution in [-0.4, -0.2) is 47.7 Å². The molecule has 0 aliphatic heterocycles. The smallest absolute Gasteiger partial charge is 0.291 e. The molecule has 0 aromatic heterocycles. The van der Waals surface area contributed by atoms with Gasteiger partial charge in [-0.2, -0.15) is 0 Å². The zero-order valence-corrected chi connectivity index (χ0v) is 21.0. The zero-order chi connectivity index (χ0) is 26.2. The van der Waals surface area contributed by atoms with Crippen molar-refractivity contribution >= 4 is 34.7 Å². The van der Waals surface area contributed by atoms with E-state index < -0.39 is 4.92 Å². The van der Waals surface area contributed by atoms with Crippen molar-refractivity contribution in [2.45, 2.75) is 45.1 Å². The molecule has 1 aliphatic rings. The van der Waals surface area contributed by atoms with Crippen LogP contribution in [0, 0.1) is 27.9 Å². The summed E-state index contributed by atoms with van der Waals surface area (Å²) in [6.07, 6.45) is 3.49. The summed E-state index contributed by atoms with van der Waals surface area (Å²) >= 11 is 5.78. The predicted molar refractivity (Wildman–Crippen MR) is 133 cm³/mol. The van der Waals surface area contributed by atoms with Crippen molar-refractivity contribution in [2.75, 3.05) is 20.3 Å². The summed E-state index contributed by atoms with van der Waals surface area (Å²) in [5, 5.41) is 13.9. The minimum Gasteiger partial charge on any atom is -0.486 e. The van der Waals surface area contributed by atoms with E-state index in [0.717, 1.165) is 36.0 Å². The van der Waals surface area contributed by atoms with Gasteiger partial charge in [-0.15, -0.1) is 0 Å². The molecule has 0 unspecified atom stereocenters. The highest BCUT2D eigenvalue weighted by molar-refractivity contribution is 6.32. The molecule has 0 heterocycles. The van der Waals surface area contributed by atoms with Crippen molar-refractivity contribution in [1.29, 1.82) is 0 Å². The van der Waals surface area contributed by atoms with Gasteiger partial charge in [0.1, 0.15) is 23.1 Å². The number of nitro benzene ring substituents is 1. The number of hydrogen-bond donors (Lipinski definition) is 1. The SMILES string of the molecule is Cc1ccc(OCC(=O)CC2CCC(NC(=O)COc3ccc(Cl)c([N+](=O)[O-])c3)CC2)cc1[N+](C)=O. The molecule has 192 valence electrons. The summed E-state index contributed by atoms with van der Waals surface area (Å²) < 4.78 is 11.7. The quantitative estimate of drug-likeness (QED) is 0.259. The molecule has 0 atom stereocenters. The fourth-order valence-corrected chi connectivity index (χ4v) is 4.40. The minimum atomic E-state index is -0.614. The van der Waals surface area contributed by atoms with Gasteiger partial charge in [-0.3, -0.25) is 19.7 Å². The maximum atomic E-state index is 12.4. The Labute approximate surface area is 213 Å². The van der Waals surface area contributed by atoms with Gasteiger partial charge in [-0.25, -0.2) is 0 Å². The molecule has 0 bridgehead atoms. The zero-order valence-electron chi connectivity index (χ0n) is 20.2. The molecule has 2 aromatic carbocycles. The van der Waals surface area contributed by atoms with Crippen LogP contribution >= 0.6 is 11.6 Å². The first-order chi connectivity index (χ1) is 17.1. The summed E-state index contributed by atoms with van der Waals surface area (Å²) in [6.45, 7) is 1.51. The molecule has 1 amide bonds. The first kappa shape index (κ1) is 27.1. The van der Waals surface area contributed by atoms with E-state index in [1.54, 1.807) is 18.2 Å². The predicted octanol–water partition coefficient (Wildman–Crippen LogP) is 4.69. The Balaban J connectivity index is 1.37. The van der Waals surface area contributed by atoms with E-state index in [0.29, 0.717) is 17.9 Å². The number of nitrogens with one attached hydrogen (secondary N) is 1. The number of nitrogens with zero attached hydrogens (tertiary/aromatic N) is 2. The number of hydrogen-bond acceptors (Lipinski definition) is 7.